The smallest absolute Gasteiger partial charge is 0.408 e. The minimum atomic E-state index is -0.540. The Balaban J connectivity index is 3.48. The van der Waals surface area contributed by atoms with Crippen molar-refractivity contribution >= 4 is 11.9 Å². The minimum absolute atomic E-state index is 0.0870. The number of ketones is 1. The van der Waals surface area contributed by atoms with Crippen LogP contribution < -0.4 is 5.32 Å². The van der Waals surface area contributed by atoms with Gasteiger partial charge in [0.1, 0.15) is 5.60 Å². The normalized spacial score (nSPS) is 12.6. The molecule has 0 aromatic heterocycles. The Morgan fingerprint density at radius 2 is 1.19 bits per heavy atom. The number of alkyl carbamates (subject to hydrolysis) is 1. The van der Waals surface area contributed by atoms with E-state index in [0.29, 0.717) is 6.42 Å². The van der Waals surface area contributed by atoms with Crippen LogP contribution in [0.2, 0.25) is 0 Å². The first kappa shape index (κ1) is 25.9. The van der Waals surface area contributed by atoms with E-state index in [2.05, 4.69) is 12.2 Å². The predicted octanol–water partition coefficient (Wildman–Crippen LogP) is 6.95. The Labute approximate surface area is 168 Å². The van der Waals surface area contributed by atoms with Gasteiger partial charge in [0.05, 0.1) is 6.04 Å². The van der Waals surface area contributed by atoms with Crippen molar-refractivity contribution < 1.29 is 14.3 Å². The van der Waals surface area contributed by atoms with E-state index in [1.807, 2.05) is 20.8 Å². The fourth-order valence-electron chi connectivity index (χ4n) is 3.10. The van der Waals surface area contributed by atoms with Gasteiger partial charge in [-0.25, -0.2) is 4.79 Å². The largest absolute Gasteiger partial charge is 0.444 e. The number of hydrogen-bond acceptors (Lipinski definition) is 3. The molecule has 0 aliphatic carbocycles. The number of Topliss-reactive ketones (excluding diaryl/α,β-unsaturated/α-hetero) is 1. The highest BCUT2D eigenvalue weighted by Crippen LogP contribution is 2.13. The lowest BCUT2D eigenvalue weighted by atomic mass is 10.0. The van der Waals surface area contributed by atoms with Gasteiger partial charge >= 0.3 is 6.09 Å². The number of rotatable bonds is 16. The molecule has 0 saturated heterocycles. The van der Waals surface area contributed by atoms with Crippen LogP contribution in [0.25, 0.3) is 0 Å². The summed E-state index contributed by atoms with van der Waals surface area (Å²) < 4.78 is 5.18. The predicted molar refractivity (Wildman–Crippen MR) is 114 cm³/mol. The molecule has 0 fully saturated rings. The quantitative estimate of drug-likeness (QED) is 0.293. The Hall–Kier alpha value is -1.06. The van der Waals surface area contributed by atoms with Crippen LogP contribution in [0, 0.1) is 0 Å². The Morgan fingerprint density at radius 1 is 0.778 bits per heavy atom. The molecule has 27 heavy (non-hydrogen) atoms. The van der Waals surface area contributed by atoms with Gasteiger partial charge in [-0.05, 0) is 34.1 Å². The summed E-state index contributed by atoms with van der Waals surface area (Å²) in [6.07, 6.45) is 16.9. The monoisotopic (exact) mass is 383 g/mol. The Bertz CT molecular complexity index is 388. The van der Waals surface area contributed by atoms with E-state index in [9.17, 15) is 9.59 Å². The van der Waals surface area contributed by atoms with Gasteiger partial charge in [-0.3, -0.25) is 4.79 Å². The molecular formula is C23H45NO3. The topological polar surface area (TPSA) is 55.4 Å². The van der Waals surface area contributed by atoms with Gasteiger partial charge in [-0.15, -0.1) is 0 Å². The second kappa shape index (κ2) is 15.9. The summed E-state index contributed by atoms with van der Waals surface area (Å²) in [6, 6.07) is -0.475. The molecule has 160 valence electrons. The third-order valence-corrected chi connectivity index (χ3v) is 4.74. The summed E-state index contributed by atoms with van der Waals surface area (Å²) in [6.45, 7) is 9.43. The van der Waals surface area contributed by atoms with Gasteiger partial charge in [0.25, 0.3) is 0 Å². The molecule has 4 nitrogen and oxygen atoms in total. The molecule has 0 unspecified atom stereocenters. The van der Waals surface area contributed by atoms with Gasteiger partial charge in [-0.2, -0.15) is 0 Å². The van der Waals surface area contributed by atoms with E-state index in [1.54, 1.807) is 6.92 Å². The zero-order valence-corrected chi connectivity index (χ0v) is 18.7. The summed E-state index contributed by atoms with van der Waals surface area (Å²) in [4.78, 5) is 23.8. The Kier molecular flexibility index (Phi) is 15.3. The fourth-order valence-corrected chi connectivity index (χ4v) is 3.10. The lowest BCUT2D eigenvalue weighted by Gasteiger charge is -2.21. The molecule has 0 radical (unpaired) electrons. The third kappa shape index (κ3) is 18.1. The zero-order valence-electron chi connectivity index (χ0n) is 18.7. The van der Waals surface area contributed by atoms with Crippen LogP contribution >= 0.6 is 0 Å². The standard InChI is InChI=1S/C23H45NO3/c1-6-7-8-9-10-11-12-13-14-15-16-17-18-19-21(25)20(2)24-22(26)27-23(3,4)5/h20H,6-19H2,1-5H3,(H,24,26)/t20-/m1/s1. The molecule has 0 spiro atoms. The van der Waals surface area contributed by atoms with Crippen LogP contribution in [0.1, 0.15) is 125 Å². The van der Waals surface area contributed by atoms with Gasteiger partial charge in [0.15, 0.2) is 5.78 Å². The molecule has 0 bridgehead atoms. The second-order valence-electron chi connectivity index (χ2n) is 8.83. The second-order valence-corrected chi connectivity index (χ2v) is 8.83. The summed E-state index contributed by atoms with van der Waals surface area (Å²) in [5.41, 5.74) is -0.540. The number of carbonyl (C=O) groups excluding carboxylic acids is 2. The van der Waals surface area contributed by atoms with Crippen LogP contribution in [0.5, 0.6) is 0 Å². The first-order chi connectivity index (χ1) is 12.8. The molecule has 0 aliphatic rings. The molecule has 1 atom stereocenters. The first-order valence-electron chi connectivity index (χ1n) is 11.3. The van der Waals surface area contributed by atoms with E-state index in [-0.39, 0.29) is 5.78 Å². The SMILES string of the molecule is CCCCCCCCCCCCCCCC(=O)[C@@H](C)NC(=O)OC(C)(C)C. The average Bonchev–Trinajstić information content (AvgIpc) is 2.57. The van der Waals surface area contributed by atoms with Crippen molar-refractivity contribution in [3.8, 4) is 0 Å². The van der Waals surface area contributed by atoms with Crippen LogP contribution in [0.4, 0.5) is 4.79 Å². The summed E-state index contributed by atoms with van der Waals surface area (Å²) in [5, 5.41) is 2.62. The van der Waals surface area contributed by atoms with E-state index >= 15 is 0 Å². The molecular weight excluding hydrogens is 338 g/mol. The molecule has 4 heteroatoms. The number of carbonyl (C=O) groups is 2. The molecule has 0 rings (SSSR count). The van der Waals surface area contributed by atoms with Crippen molar-refractivity contribution in [2.45, 2.75) is 136 Å². The van der Waals surface area contributed by atoms with E-state index in [4.69, 9.17) is 4.74 Å². The molecule has 0 aromatic carbocycles. The lowest BCUT2D eigenvalue weighted by Crippen LogP contribution is -2.41. The van der Waals surface area contributed by atoms with E-state index < -0.39 is 17.7 Å². The summed E-state index contributed by atoms with van der Waals surface area (Å²) in [5.74, 6) is 0.0870. The maximum Gasteiger partial charge on any atom is 0.408 e. The maximum atomic E-state index is 12.1. The Morgan fingerprint density at radius 3 is 1.59 bits per heavy atom. The van der Waals surface area contributed by atoms with E-state index in [0.717, 1.165) is 12.8 Å². The van der Waals surface area contributed by atoms with Gasteiger partial charge in [-0.1, -0.05) is 84.0 Å². The van der Waals surface area contributed by atoms with Crippen molar-refractivity contribution in [1.29, 1.82) is 0 Å². The van der Waals surface area contributed by atoms with Crippen LogP contribution in [-0.2, 0) is 9.53 Å². The highest BCUT2D eigenvalue weighted by molar-refractivity contribution is 5.86. The van der Waals surface area contributed by atoms with Crippen molar-refractivity contribution in [1.82, 2.24) is 5.32 Å². The molecule has 0 heterocycles. The minimum Gasteiger partial charge on any atom is -0.444 e. The molecule has 0 aliphatic heterocycles. The summed E-state index contributed by atoms with van der Waals surface area (Å²) >= 11 is 0. The molecule has 0 saturated carbocycles. The number of unbranched alkanes of at least 4 members (excludes halogenated alkanes) is 12. The van der Waals surface area contributed by atoms with E-state index in [1.165, 1.54) is 70.6 Å². The van der Waals surface area contributed by atoms with Crippen molar-refractivity contribution in [3.05, 3.63) is 0 Å². The molecule has 0 aromatic rings. The maximum absolute atomic E-state index is 12.1. The number of hydrogen-bond donors (Lipinski definition) is 1. The van der Waals surface area contributed by atoms with Crippen molar-refractivity contribution in [3.63, 3.8) is 0 Å². The average molecular weight is 384 g/mol. The van der Waals surface area contributed by atoms with Crippen LogP contribution in [0.3, 0.4) is 0 Å². The summed E-state index contributed by atoms with van der Waals surface area (Å²) in [7, 11) is 0. The number of ether oxygens (including phenoxy) is 1. The van der Waals surface area contributed by atoms with Crippen molar-refractivity contribution in [2.75, 3.05) is 0 Å². The van der Waals surface area contributed by atoms with Gasteiger partial charge in [0.2, 0.25) is 0 Å². The number of amides is 1. The van der Waals surface area contributed by atoms with Gasteiger partial charge in [0, 0.05) is 6.42 Å². The lowest BCUT2D eigenvalue weighted by molar-refractivity contribution is -0.120. The molecule has 1 amide bonds. The highest BCUT2D eigenvalue weighted by Gasteiger charge is 2.20. The first-order valence-corrected chi connectivity index (χ1v) is 11.3. The van der Waals surface area contributed by atoms with Gasteiger partial charge < -0.3 is 10.1 Å². The van der Waals surface area contributed by atoms with Crippen molar-refractivity contribution in [2.24, 2.45) is 0 Å². The zero-order chi connectivity index (χ0) is 20.5. The fraction of sp³-hybridized carbons (Fsp3) is 0.913. The third-order valence-electron chi connectivity index (χ3n) is 4.74. The molecule has 1 N–H and O–H groups in total. The highest BCUT2D eigenvalue weighted by atomic mass is 16.6. The van der Waals surface area contributed by atoms with Crippen LogP contribution in [-0.4, -0.2) is 23.5 Å². The van der Waals surface area contributed by atoms with Crippen LogP contribution in [0.15, 0.2) is 0 Å². The number of nitrogens with one attached hydrogen (secondary N) is 1.